The van der Waals surface area contributed by atoms with Crippen LogP contribution in [0.4, 0.5) is 4.79 Å². The summed E-state index contributed by atoms with van der Waals surface area (Å²) < 4.78 is 5.18. The predicted octanol–water partition coefficient (Wildman–Crippen LogP) is 2.82. The second-order valence-corrected chi connectivity index (χ2v) is 6.07. The molecule has 18 heavy (non-hydrogen) atoms. The van der Waals surface area contributed by atoms with Gasteiger partial charge in [-0.3, -0.25) is 0 Å². The molecule has 0 radical (unpaired) electrons. The van der Waals surface area contributed by atoms with Crippen molar-refractivity contribution in [1.82, 2.24) is 10.6 Å². The van der Waals surface area contributed by atoms with Crippen molar-refractivity contribution in [2.45, 2.75) is 70.9 Å². The standard InChI is InChI=1S/C14H28N2O2/c1-14(2,3)18-13(17)16-11-7-9-12-8-5-4-6-10-15-12/h12,15H,4-11H2,1-3H3,(H,16,17). The normalized spacial score (nSPS) is 21.2. The van der Waals surface area contributed by atoms with E-state index in [0.717, 1.165) is 19.4 Å². The topological polar surface area (TPSA) is 50.4 Å². The maximum Gasteiger partial charge on any atom is 0.407 e. The first kappa shape index (κ1) is 15.3. The van der Waals surface area contributed by atoms with Crippen molar-refractivity contribution in [2.24, 2.45) is 0 Å². The van der Waals surface area contributed by atoms with Crippen molar-refractivity contribution >= 4 is 6.09 Å². The van der Waals surface area contributed by atoms with E-state index in [2.05, 4.69) is 10.6 Å². The number of alkyl carbamates (subject to hydrolysis) is 1. The molecule has 1 heterocycles. The maximum absolute atomic E-state index is 11.4. The van der Waals surface area contributed by atoms with Gasteiger partial charge in [0.2, 0.25) is 0 Å². The van der Waals surface area contributed by atoms with Crippen LogP contribution < -0.4 is 10.6 Å². The predicted molar refractivity (Wildman–Crippen MR) is 73.7 cm³/mol. The minimum absolute atomic E-state index is 0.309. The monoisotopic (exact) mass is 256 g/mol. The van der Waals surface area contributed by atoms with Crippen molar-refractivity contribution in [3.63, 3.8) is 0 Å². The zero-order valence-electron chi connectivity index (χ0n) is 12.1. The van der Waals surface area contributed by atoms with E-state index in [9.17, 15) is 4.79 Å². The number of nitrogens with one attached hydrogen (secondary N) is 2. The lowest BCUT2D eigenvalue weighted by atomic mass is 10.1. The van der Waals surface area contributed by atoms with E-state index in [4.69, 9.17) is 4.74 Å². The lowest BCUT2D eigenvalue weighted by Gasteiger charge is -2.20. The highest BCUT2D eigenvalue weighted by Crippen LogP contribution is 2.12. The average molecular weight is 256 g/mol. The molecular weight excluding hydrogens is 228 g/mol. The van der Waals surface area contributed by atoms with Gasteiger partial charge in [-0.25, -0.2) is 4.79 Å². The Morgan fingerprint density at radius 2 is 2.11 bits per heavy atom. The van der Waals surface area contributed by atoms with Gasteiger partial charge in [0.15, 0.2) is 0 Å². The largest absolute Gasteiger partial charge is 0.444 e. The summed E-state index contributed by atoms with van der Waals surface area (Å²) in [6, 6.07) is 0.632. The third kappa shape index (κ3) is 7.54. The number of carbonyl (C=O) groups is 1. The summed E-state index contributed by atoms with van der Waals surface area (Å²) in [5.41, 5.74) is -0.410. The Morgan fingerprint density at radius 1 is 1.33 bits per heavy atom. The van der Waals surface area contributed by atoms with Crippen molar-refractivity contribution < 1.29 is 9.53 Å². The summed E-state index contributed by atoms with van der Waals surface area (Å²) in [5, 5.41) is 6.37. The molecular formula is C14H28N2O2. The van der Waals surface area contributed by atoms with Crippen molar-refractivity contribution in [3.8, 4) is 0 Å². The first-order valence-electron chi connectivity index (χ1n) is 7.17. The molecule has 1 amide bonds. The minimum atomic E-state index is -0.410. The van der Waals surface area contributed by atoms with Gasteiger partial charge in [0.05, 0.1) is 0 Å². The minimum Gasteiger partial charge on any atom is -0.444 e. The van der Waals surface area contributed by atoms with Crippen LogP contribution in [-0.2, 0) is 4.74 Å². The highest BCUT2D eigenvalue weighted by molar-refractivity contribution is 5.67. The van der Waals surface area contributed by atoms with Gasteiger partial charge in [0, 0.05) is 12.6 Å². The summed E-state index contributed by atoms with van der Waals surface area (Å²) >= 11 is 0. The van der Waals surface area contributed by atoms with Crippen LogP contribution in [0.3, 0.4) is 0 Å². The number of amides is 1. The summed E-state index contributed by atoms with van der Waals surface area (Å²) in [5.74, 6) is 0. The van der Waals surface area contributed by atoms with Crippen LogP contribution in [0.5, 0.6) is 0 Å². The van der Waals surface area contributed by atoms with E-state index in [1.165, 1.54) is 25.7 Å². The summed E-state index contributed by atoms with van der Waals surface area (Å²) in [6.45, 7) is 7.48. The van der Waals surface area contributed by atoms with E-state index in [1.54, 1.807) is 0 Å². The molecule has 1 fully saturated rings. The maximum atomic E-state index is 11.4. The van der Waals surface area contributed by atoms with Crippen molar-refractivity contribution in [1.29, 1.82) is 0 Å². The zero-order valence-corrected chi connectivity index (χ0v) is 12.1. The Balaban J connectivity index is 2.05. The van der Waals surface area contributed by atoms with Gasteiger partial charge < -0.3 is 15.4 Å². The second-order valence-electron chi connectivity index (χ2n) is 6.07. The van der Waals surface area contributed by atoms with Gasteiger partial charge in [-0.05, 0) is 53.0 Å². The number of carbonyl (C=O) groups excluding carboxylic acids is 1. The molecule has 1 saturated heterocycles. The molecule has 2 N–H and O–H groups in total. The van der Waals surface area contributed by atoms with Crippen molar-refractivity contribution in [3.05, 3.63) is 0 Å². The molecule has 0 spiro atoms. The van der Waals surface area contributed by atoms with Crippen LogP contribution in [-0.4, -0.2) is 30.8 Å². The van der Waals surface area contributed by atoms with Crippen LogP contribution in [0, 0.1) is 0 Å². The third-order valence-electron chi connectivity index (χ3n) is 3.06. The van der Waals surface area contributed by atoms with Crippen LogP contribution >= 0.6 is 0 Å². The molecule has 0 saturated carbocycles. The highest BCUT2D eigenvalue weighted by atomic mass is 16.6. The van der Waals surface area contributed by atoms with E-state index >= 15 is 0 Å². The molecule has 0 aliphatic carbocycles. The van der Waals surface area contributed by atoms with Crippen LogP contribution in [0.1, 0.15) is 59.3 Å². The molecule has 0 aromatic rings. The van der Waals surface area contributed by atoms with E-state index in [1.807, 2.05) is 20.8 Å². The van der Waals surface area contributed by atoms with E-state index in [0.29, 0.717) is 12.6 Å². The summed E-state index contributed by atoms with van der Waals surface area (Å²) in [6.07, 6.45) is 7.08. The number of ether oxygens (including phenoxy) is 1. The molecule has 0 bridgehead atoms. The Hall–Kier alpha value is -0.770. The van der Waals surface area contributed by atoms with Gasteiger partial charge in [-0.15, -0.1) is 0 Å². The highest BCUT2D eigenvalue weighted by Gasteiger charge is 2.16. The molecule has 0 aromatic carbocycles. The van der Waals surface area contributed by atoms with Gasteiger partial charge in [-0.1, -0.05) is 12.8 Å². The molecule has 1 unspecified atom stereocenters. The summed E-state index contributed by atoms with van der Waals surface area (Å²) in [7, 11) is 0. The molecule has 1 atom stereocenters. The molecule has 4 nitrogen and oxygen atoms in total. The molecule has 4 heteroatoms. The van der Waals surface area contributed by atoms with Gasteiger partial charge in [0.1, 0.15) is 5.60 Å². The van der Waals surface area contributed by atoms with Crippen molar-refractivity contribution in [2.75, 3.05) is 13.1 Å². The lowest BCUT2D eigenvalue weighted by molar-refractivity contribution is 0.0526. The first-order chi connectivity index (χ1) is 8.47. The molecule has 1 aliphatic heterocycles. The van der Waals surface area contributed by atoms with Crippen LogP contribution in [0.2, 0.25) is 0 Å². The van der Waals surface area contributed by atoms with E-state index < -0.39 is 5.60 Å². The molecule has 1 rings (SSSR count). The number of hydrogen-bond acceptors (Lipinski definition) is 3. The lowest BCUT2D eigenvalue weighted by Crippen LogP contribution is -2.34. The Labute approximate surface area is 111 Å². The average Bonchev–Trinajstić information content (AvgIpc) is 2.50. The zero-order chi connectivity index (χ0) is 13.4. The van der Waals surface area contributed by atoms with Crippen LogP contribution in [0.25, 0.3) is 0 Å². The Kier molecular flexibility index (Phi) is 6.47. The smallest absolute Gasteiger partial charge is 0.407 e. The quantitative estimate of drug-likeness (QED) is 0.760. The Morgan fingerprint density at radius 3 is 2.83 bits per heavy atom. The van der Waals surface area contributed by atoms with Crippen LogP contribution in [0.15, 0.2) is 0 Å². The number of hydrogen-bond donors (Lipinski definition) is 2. The summed E-state index contributed by atoms with van der Waals surface area (Å²) in [4.78, 5) is 11.4. The molecule has 0 aromatic heterocycles. The first-order valence-corrected chi connectivity index (χ1v) is 7.17. The third-order valence-corrected chi connectivity index (χ3v) is 3.06. The SMILES string of the molecule is CC(C)(C)OC(=O)NCCCC1CCCCCN1. The van der Waals surface area contributed by atoms with Gasteiger partial charge >= 0.3 is 6.09 Å². The second kappa shape index (κ2) is 7.62. The van der Waals surface area contributed by atoms with E-state index in [-0.39, 0.29) is 6.09 Å². The molecule has 1 aliphatic rings. The fraction of sp³-hybridized carbons (Fsp3) is 0.929. The number of rotatable bonds is 4. The van der Waals surface area contributed by atoms with Gasteiger partial charge in [-0.2, -0.15) is 0 Å². The Bertz CT molecular complexity index is 241. The van der Waals surface area contributed by atoms with Gasteiger partial charge in [0.25, 0.3) is 0 Å². The molecule has 106 valence electrons. The fourth-order valence-electron chi connectivity index (χ4n) is 2.20. The fourth-order valence-corrected chi connectivity index (χ4v) is 2.20.